The fraction of sp³-hybridized carbons (Fsp3) is 0.857. The van der Waals surface area contributed by atoms with Crippen molar-refractivity contribution in [2.75, 3.05) is 13.2 Å². The third-order valence-electron chi connectivity index (χ3n) is 3.76. The fourth-order valence-corrected chi connectivity index (χ4v) is 2.67. The Hall–Kier alpha value is -0.340. The molecule has 2 heteroatoms. The van der Waals surface area contributed by atoms with Crippen molar-refractivity contribution in [3.05, 3.63) is 11.6 Å². The largest absolute Gasteiger partial charge is 0.378 e. The zero-order valence-electron chi connectivity index (χ0n) is 10.5. The Bertz CT molecular complexity index is 231. The topological polar surface area (TPSA) is 21.3 Å². The molecule has 0 atom stereocenters. The summed E-state index contributed by atoms with van der Waals surface area (Å²) < 4.78 is 5.55. The molecule has 0 amide bonds. The highest BCUT2D eigenvalue weighted by molar-refractivity contribution is 5.05. The van der Waals surface area contributed by atoms with Gasteiger partial charge in [0.25, 0.3) is 0 Å². The molecule has 0 bridgehead atoms. The van der Waals surface area contributed by atoms with Crippen LogP contribution in [0, 0.1) is 0 Å². The van der Waals surface area contributed by atoms with Crippen molar-refractivity contribution in [3.8, 4) is 0 Å². The van der Waals surface area contributed by atoms with E-state index in [2.05, 4.69) is 18.3 Å². The van der Waals surface area contributed by atoms with Crippen LogP contribution in [-0.2, 0) is 4.74 Å². The highest BCUT2D eigenvalue weighted by Gasteiger charge is 2.28. The smallest absolute Gasteiger partial charge is 0.0604 e. The van der Waals surface area contributed by atoms with E-state index < -0.39 is 0 Å². The van der Waals surface area contributed by atoms with Crippen molar-refractivity contribution in [3.63, 3.8) is 0 Å². The Morgan fingerprint density at radius 1 is 1.38 bits per heavy atom. The standard InChI is InChI=1S/C14H25NO/c1-2-16-14-10-13(11-14)15-9-8-12-6-4-3-5-7-12/h6,13-15H,2-5,7-11H2,1H3. The van der Waals surface area contributed by atoms with Gasteiger partial charge in [0.2, 0.25) is 0 Å². The van der Waals surface area contributed by atoms with Crippen molar-refractivity contribution in [1.29, 1.82) is 0 Å². The van der Waals surface area contributed by atoms with E-state index in [0.717, 1.165) is 19.2 Å². The Kier molecular flexibility index (Phi) is 4.86. The highest BCUT2D eigenvalue weighted by atomic mass is 16.5. The van der Waals surface area contributed by atoms with Gasteiger partial charge in [-0.05, 0) is 58.4 Å². The van der Waals surface area contributed by atoms with E-state index in [1.165, 1.54) is 44.9 Å². The maximum Gasteiger partial charge on any atom is 0.0604 e. The first kappa shape index (κ1) is 12.1. The predicted octanol–water partition coefficient (Wildman–Crippen LogP) is 3.03. The molecule has 0 heterocycles. The van der Waals surface area contributed by atoms with Crippen LogP contribution in [0.2, 0.25) is 0 Å². The quantitative estimate of drug-likeness (QED) is 0.699. The van der Waals surface area contributed by atoms with E-state index in [9.17, 15) is 0 Å². The third-order valence-corrected chi connectivity index (χ3v) is 3.76. The van der Waals surface area contributed by atoms with E-state index in [1.54, 1.807) is 5.57 Å². The minimum atomic E-state index is 0.538. The van der Waals surface area contributed by atoms with Gasteiger partial charge in [-0.3, -0.25) is 0 Å². The molecule has 92 valence electrons. The van der Waals surface area contributed by atoms with Gasteiger partial charge in [0.05, 0.1) is 6.10 Å². The van der Waals surface area contributed by atoms with Crippen LogP contribution in [0.3, 0.4) is 0 Å². The monoisotopic (exact) mass is 223 g/mol. The van der Waals surface area contributed by atoms with Crippen LogP contribution in [0.25, 0.3) is 0 Å². The minimum absolute atomic E-state index is 0.538. The molecule has 2 aliphatic rings. The molecule has 0 aromatic heterocycles. The Morgan fingerprint density at radius 2 is 2.25 bits per heavy atom. The number of hydrogen-bond donors (Lipinski definition) is 1. The zero-order chi connectivity index (χ0) is 11.2. The summed E-state index contributed by atoms with van der Waals surface area (Å²) in [5.41, 5.74) is 1.68. The first-order valence-corrected chi connectivity index (χ1v) is 6.91. The SMILES string of the molecule is CCOC1CC(NCCC2=CCCCC2)C1. The molecule has 2 nitrogen and oxygen atoms in total. The van der Waals surface area contributed by atoms with Gasteiger partial charge in [-0.2, -0.15) is 0 Å². The number of allylic oxidation sites excluding steroid dienone is 1. The lowest BCUT2D eigenvalue weighted by Gasteiger charge is -2.35. The molecule has 2 aliphatic carbocycles. The summed E-state index contributed by atoms with van der Waals surface area (Å²) in [6.45, 7) is 4.11. The van der Waals surface area contributed by atoms with E-state index in [0.29, 0.717) is 6.10 Å². The molecule has 1 saturated carbocycles. The van der Waals surface area contributed by atoms with Crippen LogP contribution in [0.4, 0.5) is 0 Å². The average Bonchev–Trinajstić information content (AvgIpc) is 2.27. The number of ether oxygens (including phenoxy) is 1. The van der Waals surface area contributed by atoms with Crippen LogP contribution in [-0.4, -0.2) is 25.3 Å². The summed E-state index contributed by atoms with van der Waals surface area (Å²) in [6.07, 6.45) is 12.1. The Labute approximate surface area is 99.4 Å². The van der Waals surface area contributed by atoms with Gasteiger partial charge >= 0.3 is 0 Å². The molecule has 0 aliphatic heterocycles. The van der Waals surface area contributed by atoms with Crippen LogP contribution >= 0.6 is 0 Å². The van der Waals surface area contributed by atoms with Crippen molar-refractivity contribution in [2.24, 2.45) is 0 Å². The second kappa shape index (κ2) is 6.41. The van der Waals surface area contributed by atoms with Crippen LogP contribution in [0.15, 0.2) is 11.6 Å². The summed E-state index contributed by atoms with van der Waals surface area (Å²) in [5.74, 6) is 0. The van der Waals surface area contributed by atoms with E-state index in [1.807, 2.05) is 0 Å². The average molecular weight is 223 g/mol. The third kappa shape index (κ3) is 3.60. The molecule has 0 aromatic rings. The number of rotatable bonds is 6. The van der Waals surface area contributed by atoms with Crippen molar-refractivity contribution < 1.29 is 4.74 Å². The normalized spacial score (nSPS) is 29.7. The van der Waals surface area contributed by atoms with Gasteiger partial charge in [0, 0.05) is 12.6 Å². The summed E-state index contributed by atoms with van der Waals surface area (Å²) >= 11 is 0. The minimum Gasteiger partial charge on any atom is -0.378 e. The second-order valence-electron chi connectivity index (χ2n) is 5.06. The first-order valence-electron chi connectivity index (χ1n) is 6.91. The highest BCUT2D eigenvalue weighted by Crippen LogP contribution is 2.24. The molecule has 0 radical (unpaired) electrons. The molecule has 0 saturated heterocycles. The van der Waals surface area contributed by atoms with E-state index in [-0.39, 0.29) is 0 Å². The molecule has 0 unspecified atom stereocenters. The van der Waals surface area contributed by atoms with Gasteiger partial charge in [-0.1, -0.05) is 11.6 Å². The van der Waals surface area contributed by atoms with Gasteiger partial charge in [0.15, 0.2) is 0 Å². The summed E-state index contributed by atoms with van der Waals surface area (Å²) in [6, 6.07) is 0.723. The molecule has 0 spiro atoms. The van der Waals surface area contributed by atoms with Crippen molar-refractivity contribution in [2.45, 2.75) is 64.0 Å². The maximum atomic E-state index is 5.55. The summed E-state index contributed by atoms with van der Waals surface area (Å²) in [5, 5.41) is 3.63. The van der Waals surface area contributed by atoms with E-state index >= 15 is 0 Å². The molecule has 16 heavy (non-hydrogen) atoms. The number of nitrogens with one attached hydrogen (secondary N) is 1. The second-order valence-corrected chi connectivity index (χ2v) is 5.06. The van der Waals surface area contributed by atoms with Crippen LogP contribution in [0.1, 0.15) is 51.9 Å². The van der Waals surface area contributed by atoms with Crippen LogP contribution in [0.5, 0.6) is 0 Å². The molecule has 1 N–H and O–H groups in total. The maximum absolute atomic E-state index is 5.55. The van der Waals surface area contributed by atoms with Crippen LogP contribution < -0.4 is 5.32 Å². The molecular weight excluding hydrogens is 198 g/mol. The fourth-order valence-electron chi connectivity index (χ4n) is 2.67. The van der Waals surface area contributed by atoms with Gasteiger partial charge in [-0.25, -0.2) is 0 Å². The van der Waals surface area contributed by atoms with Gasteiger partial charge in [0.1, 0.15) is 0 Å². The van der Waals surface area contributed by atoms with Crippen molar-refractivity contribution in [1.82, 2.24) is 5.32 Å². The lowest BCUT2D eigenvalue weighted by atomic mass is 9.89. The van der Waals surface area contributed by atoms with Crippen molar-refractivity contribution >= 4 is 0 Å². The Balaban J connectivity index is 1.51. The summed E-state index contributed by atoms with van der Waals surface area (Å²) in [4.78, 5) is 0. The molecule has 2 rings (SSSR count). The summed E-state index contributed by atoms with van der Waals surface area (Å²) in [7, 11) is 0. The zero-order valence-corrected chi connectivity index (χ0v) is 10.5. The first-order chi connectivity index (χ1) is 7.88. The van der Waals surface area contributed by atoms with Gasteiger partial charge in [-0.15, -0.1) is 0 Å². The number of hydrogen-bond acceptors (Lipinski definition) is 2. The van der Waals surface area contributed by atoms with Gasteiger partial charge < -0.3 is 10.1 Å². The molecule has 1 fully saturated rings. The lowest BCUT2D eigenvalue weighted by molar-refractivity contribution is -0.00961. The predicted molar refractivity (Wildman–Crippen MR) is 67.6 cm³/mol. The Morgan fingerprint density at radius 3 is 2.94 bits per heavy atom. The lowest BCUT2D eigenvalue weighted by Crippen LogP contribution is -2.45. The van der Waals surface area contributed by atoms with E-state index in [4.69, 9.17) is 4.74 Å². The molecular formula is C14H25NO. The molecule has 0 aromatic carbocycles.